The molecule has 0 saturated carbocycles. The molecule has 0 bridgehead atoms. The molecular formula is C18H20S2. The molecule has 104 valence electrons. The smallest absolute Gasteiger partial charge is 0.000844 e. The second-order valence-corrected chi connectivity index (χ2v) is 7.40. The lowest BCUT2D eigenvalue weighted by molar-refractivity contribution is 1.53. The van der Waals surface area contributed by atoms with E-state index in [4.69, 9.17) is 0 Å². The highest BCUT2D eigenvalue weighted by Crippen LogP contribution is 2.22. The zero-order valence-electron chi connectivity index (χ0n) is 12.0. The van der Waals surface area contributed by atoms with Gasteiger partial charge in [-0.15, -0.1) is 0 Å². The van der Waals surface area contributed by atoms with Gasteiger partial charge in [-0.2, -0.15) is 0 Å². The summed E-state index contributed by atoms with van der Waals surface area (Å²) < 4.78 is 0. The summed E-state index contributed by atoms with van der Waals surface area (Å²) in [6, 6.07) is 21.4. The van der Waals surface area contributed by atoms with Crippen molar-refractivity contribution in [1.82, 2.24) is 0 Å². The zero-order valence-corrected chi connectivity index (χ0v) is 13.6. The molecule has 3 aromatic rings. The minimum absolute atomic E-state index is 1.23. The number of benzene rings is 3. The van der Waals surface area contributed by atoms with Crippen LogP contribution in [0.3, 0.4) is 0 Å². The van der Waals surface area contributed by atoms with E-state index in [2.05, 4.69) is 74.5 Å². The molecule has 0 amide bonds. The van der Waals surface area contributed by atoms with Crippen LogP contribution in [0.15, 0.2) is 60.7 Å². The summed E-state index contributed by atoms with van der Waals surface area (Å²) in [6.45, 7) is 4.35. The largest absolute Gasteiger partial charge is 0.0945 e. The van der Waals surface area contributed by atoms with E-state index in [0.717, 1.165) is 0 Å². The molecule has 3 rings (SSSR count). The third-order valence-corrected chi connectivity index (χ3v) is 5.49. The van der Waals surface area contributed by atoms with Gasteiger partial charge in [0.15, 0.2) is 0 Å². The molecule has 3 aromatic carbocycles. The van der Waals surface area contributed by atoms with Gasteiger partial charge >= 0.3 is 0 Å². The quantitative estimate of drug-likeness (QED) is 0.312. The molecule has 0 radical (unpaired) electrons. The Balaban J connectivity index is 0.000000212. The van der Waals surface area contributed by atoms with Crippen LogP contribution < -0.4 is 0 Å². The average molecular weight is 300 g/mol. The highest BCUT2D eigenvalue weighted by molar-refractivity contribution is 8.76. The summed E-state index contributed by atoms with van der Waals surface area (Å²) in [5.41, 5.74) is 0. The van der Waals surface area contributed by atoms with Crippen LogP contribution in [0.2, 0.25) is 0 Å². The van der Waals surface area contributed by atoms with Gasteiger partial charge in [0.05, 0.1) is 0 Å². The van der Waals surface area contributed by atoms with Crippen molar-refractivity contribution in [1.29, 1.82) is 0 Å². The Hall–Kier alpha value is -1.12. The van der Waals surface area contributed by atoms with Gasteiger partial charge in [0.1, 0.15) is 0 Å². The summed E-state index contributed by atoms with van der Waals surface area (Å²) in [5.74, 6) is 2.47. The van der Waals surface area contributed by atoms with Crippen molar-refractivity contribution < 1.29 is 0 Å². The van der Waals surface area contributed by atoms with Gasteiger partial charge in [-0.05, 0) is 33.7 Å². The van der Waals surface area contributed by atoms with E-state index in [-0.39, 0.29) is 0 Å². The van der Waals surface area contributed by atoms with Crippen molar-refractivity contribution >= 4 is 43.1 Å². The SMILES string of the molecule is CCSSCC.c1ccc2cc3ccccc3cc2c1. The summed E-state index contributed by atoms with van der Waals surface area (Å²) >= 11 is 0. The Labute approximate surface area is 129 Å². The molecule has 0 aliphatic carbocycles. The Kier molecular flexibility index (Phi) is 6.28. The predicted octanol–water partition coefficient (Wildman–Crippen LogP) is 6.40. The Morgan fingerprint density at radius 2 is 0.900 bits per heavy atom. The molecular weight excluding hydrogens is 280 g/mol. The Bertz CT molecular complexity index is 552. The summed E-state index contributed by atoms with van der Waals surface area (Å²) in [6.07, 6.45) is 0. The van der Waals surface area contributed by atoms with Crippen LogP contribution in [-0.2, 0) is 0 Å². The highest BCUT2D eigenvalue weighted by atomic mass is 33.1. The van der Waals surface area contributed by atoms with Crippen LogP contribution in [0.5, 0.6) is 0 Å². The summed E-state index contributed by atoms with van der Waals surface area (Å²) in [4.78, 5) is 0. The monoisotopic (exact) mass is 300 g/mol. The van der Waals surface area contributed by atoms with E-state index in [1.54, 1.807) is 0 Å². The number of hydrogen-bond acceptors (Lipinski definition) is 2. The maximum Gasteiger partial charge on any atom is 0.000844 e. The van der Waals surface area contributed by atoms with Gasteiger partial charge in [-0.1, -0.05) is 84.0 Å². The van der Waals surface area contributed by atoms with E-state index < -0.39 is 0 Å². The minimum atomic E-state index is 1.23. The van der Waals surface area contributed by atoms with E-state index in [9.17, 15) is 0 Å². The van der Waals surface area contributed by atoms with E-state index in [1.165, 1.54) is 33.1 Å². The van der Waals surface area contributed by atoms with Crippen molar-refractivity contribution in [3.05, 3.63) is 60.7 Å². The fourth-order valence-electron chi connectivity index (χ4n) is 2.05. The number of rotatable bonds is 3. The zero-order chi connectivity index (χ0) is 14.2. The van der Waals surface area contributed by atoms with Gasteiger partial charge in [-0.25, -0.2) is 0 Å². The van der Waals surface area contributed by atoms with Crippen molar-refractivity contribution in [2.75, 3.05) is 11.5 Å². The van der Waals surface area contributed by atoms with E-state index in [0.29, 0.717) is 0 Å². The number of hydrogen-bond donors (Lipinski definition) is 0. The molecule has 0 atom stereocenters. The van der Waals surface area contributed by atoms with Crippen molar-refractivity contribution in [3.8, 4) is 0 Å². The average Bonchev–Trinajstić information content (AvgIpc) is 2.51. The molecule has 2 heteroatoms. The van der Waals surface area contributed by atoms with Crippen LogP contribution in [0.25, 0.3) is 21.5 Å². The molecule has 0 aromatic heterocycles. The molecule has 20 heavy (non-hydrogen) atoms. The minimum Gasteiger partial charge on any atom is -0.0945 e. The topological polar surface area (TPSA) is 0 Å². The summed E-state index contributed by atoms with van der Waals surface area (Å²) in [7, 11) is 3.85. The molecule has 0 fully saturated rings. The lowest BCUT2D eigenvalue weighted by Crippen LogP contribution is -1.74. The lowest BCUT2D eigenvalue weighted by Gasteiger charge is -2.00. The second kappa shape index (κ2) is 8.23. The van der Waals surface area contributed by atoms with E-state index >= 15 is 0 Å². The third kappa shape index (κ3) is 4.19. The molecule has 0 nitrogen and oxygen atoms in total. The fraction of sp³-hybridized carbons (Fsp3) is 0.222. The van der Waals surface area contributed by atoms with Gasteiger partial charge in [0, 0.05) is 11.5 Å². The van der Waals surface area contributed by atoms with Gasteiger partial charge < -0.3 is 0 Å². The van der Waals surface area contributed by atoms with Crippen LogP contribution >= 0.6 is 21.6 Å². The molecule has 0 spiro atoms. The predicted molar refractivity (Wildman–Crippen MR) is 97.7 cm³/mol. The lowest BCUT2D eigenvalue weighted by atomic mass is 10.0. The standard InChI is InChI=1S/C14H10.C4H10S2/c1-2-6-12-10-14-8-4-3-7-13(14)9-11(12)5-1;1-3-5-6-4-2/h1-10H;3-4H2,1-2H3. The first-order valence-electron chi connectivity index (χ1n) is 6.97. The third-order valence-electron chi connectivity index (χ3n) is 2.93. The maximum absolute atomic E-state index is 2.24. The normalized spacial score (nSPS) is 10.3. The van der Waals surface area contributed by atoms with Crippen LogP contribution in [0.4, 0.5) is 0 Å². The van der Waals surface area contributed by atoms with E-state index in [1.807, 2.05) is 21.6 Å². The van der Waals surface area contributed by atoms with Gasteiger partial charge in [0.25, 0.3) is 0 Å². The second-order valence-electron chi connectivity index (χ2n) is 4.36. The van der Waals surface area contributed by atoms with Crippen LogP contribution in [-0.4, -0.2) is 11.5 Å². The Morgan fingerprint density at radius 1 is 0.600 bits per heavy atom. The van der Waals surface area contributed by atoms with Crippen LogP contribution in [0, 0.1) is 0 Å². The molecule has 0 aliphatic rings. The maximum atomic E-state index is 2.24. The molecule has 0 aliphatic heterocycles. The number of fused-ring (bicyclic) bond motifs is 2. The first kappa shape index (κ1) is 15.3. The molecule has 0 saturated heterocycles. The molecule has 0 unspecified atom stereocenters. The summed E-state index contributed by atoms with van der Waals surface area (Å²) in [5, 5.41) is 5.25. The first-order chi connectivity index (χ1) is 9.85. The highest BCUT2D eigenvalue weighted by Gasteiger charge is 1.95. The Morgan fingerprint density at radius 3 is 1.15 bits per heavy atom. The molecule has 0 heterocycles. The van der Waals surface area contributed by atoms with Crippen molar-refractivity contribution in [2.45, 2.75) is 13.8 Å². The van der Waals surface area contributed by atoms with Crippen LogP contribution in [0.1, 0.15) is 13.8 Å². The fourth-order valence-corrected chi connectivity index (χ4v) is 3.38. The van der Waals surface area contributed by atoms with Gasteiger partial charge in [-0.3, -0.25) is 0 Å². The van der Waals surface area contributed by atoms with Gasteiger partial charge in [0.2, 0.25) is 0 Å². The van der Waals surface area contributed by atoms with Crippen molar-refractivity contribution in [2.24, 2.45) is 0 Å². The first-order valence-corrected chi connectivity index (χ1v) is 9.46. The molecule has 0 N–H and O–H groups in total. The van der Waals surface area contributed by atoms with Crippen molar-refractivity contribution in [3.63, 3.8) is 0 Å².